The van der Waals surface area contributed by atoms with Gasteiger partial charge < -0.3 is 4.98 Å². The van der Waals surface area contributed by atoms with Gasteiger partial charge in [0.2, 0.25) is 0 Å². The number of hydrogen-bond donors (Lipinski definition) is 1. The van der Waals surface area contributed by atoms with Crippen molar-refractivity contribution in [3.05, 3.63) is 16.7 Å². The van der Waals surface area contributed by atoms with E-state index in [2.05, 4.69) is 20.2 Å². The number of carbonyl (C=O) groups excluding carboxylic acids is 1. The van der Waals surface area contributed by atoms with Crippen LogP contribution in [0.5, 0.6) is 0 Å². The summed E-state index contributed by atoms with van der Waals surface area (Å²) in [7, 11) is 0. The van der Waals surface area contributed by atoms with Crippen LogP contribution in [0.15, 0.2) is 16.6 Å². The van der Waals surface area contributed by atoms with E-state index >= 15 is 0 Å². The molecule has 0 saturated carbocycles. The van der Waals surface area contributed by atoms with E-state index in [9.17, 15) is 4.79 Å². The van der Waals surface area contributed by atoms with Crippen molar-refractivity contribution in [1.82, 2.24) is 9.97 Å². The van der Waals surface area contributed by atoms with Gasteiger partial charge in [-0.25, -0.2) is 4.98 Å². The predicted molar refractivity (Wildman–Crippen MR) is 38.3 cm³/mol. The van der Waals surface area contributed by atoms with Crippen LogP contribution in [0.1, 0.15) is 10.5 Å². The van der Waals surface area contributed by atoms with E-state index in [1.165, 1.54) is 6.33 Å². The lowest BCUT2D eigenvalue weighted by molar-refractivity contribution is 0.0998. The van der Waals surface area contributed by atoms with E-state index in [1.807, 2.05) is 0 Å². The van der Waals surface area contributed by atoms with Crippen molar-refractivity contribution < 1.29 is 4.79 Å². The number of hydrogen-bond acceptors (Lipinski definition) is 4. The molecule has 1 aromatic rings. The van der Waals surface area contributed by atoms with Gasteiger partial charge in [0.05, 0.1) is 6.33 Å². The Kier molecular flexibility index (Phi) is 1.16. The molecule has 0 fully saturated rings. The molecule has 54 valence electrons. The Bertz CT molecular complexity index is 407. The number of azo groups is 1. The molecule has 0 aromatic carbocycles. The lowest BCUT2D eigenvalue weighted by atomic mass is 10.3. The molecule has 11 heavy (non-hydrogen) atoms. The number of nitrogens with zero attached hydrogens (tertiary/aromatic N) is 3. The first kappa shape index (κ1) is 6.29. The van der Waals surface area contributed by atoms with Gasteiger partial charge in [0.1, 0.15) is 5.69 Å². The minimum Gasteiger partial charge on any atom is -0.340 e. The van der Waals surface area contributed by atoms with Crippen LogP contribution in [0, 0.1) is 4.64 Å². The molecule has 1 amide bonds. The fourth-order valence-corrected chi connectivity index (χ4v) is 0.989. The van der Waals surface area contributed by atoms with Crippen LogP contribution < -0.4 is 0 Å². The number of rotatable bonds is 0. The molecule has 1 N–H and O–H groups in total. The van der Waals surface area contributed by atoms with Crippen molar-refractivity contribution >= 4 is 23.8 Å². The summed E-state index contributed by atoms with van der Waals surface area (Å²) in [6.45, 7) is 0. The summed E-state index contributed by atoms with van der Waals surface area (Å²) in [6, 6.07) is 0. The standard InChI is InChI=1S/C5H2N4OS/c10-4-2-3(8-9-4)5(11)7-1-6-2/h1H,(H,6,7,11). The van der Waals surface area contributed by atoms with E-state index in [-0.39, 0.29) is 0 Å². The van der Waals surface area contributed by atoms with Crippen molar-refractivity contribution in [3.63, 3.8) is 0 Å². The normalized spacial score (nSPS) is 13.6. The van der Waals surface area contributed by atoms with Gasteiger partial charge in [-0.15, -0.1) is 10.2 Å². The lowest BCUT2D eigenvalue weighted by Gasteiger charge is -1.89. The molecule has 0 spiro atoms. The van der Waals surface area contributed by atoms with Crippen molar-refractivity contribution in [2.24, 2.45) is 10.2 Å². The fourth-order valence-electron chi connectivity index (χ4n) is 0.793. The molecule has 2 rings (SSSR count). The first-order chi connectivity index (χ1) is 5.29. The molecule has 0 atom stereocenters. The number of fused-ring (bicyclic) bond motifs is 1. The van der Waals surface area contributed by atoms with Gasteiger partial charge in [0.15, 0.2) is 10.3 Å². The summed E-state index contributed by atoms with van der Waals surface area (Å²) in [4.78, 5) is 17.2. The van der Waals surface area contributed by atoms with Gasteiger partial charge in [-0.2, -0.15) is 0 Å². The van der Waals surface area contributed by atoms with Crippen LogP contribution in [0.25, 0.3) is 0 Å². The average molecular weight is 166 g/mol. The number of aromatic nitrogens is 2. The van der Waals surface area contributed by atoms with Crippen molar-refractivity contribution in [1.29, 1.82) is 0 Å². The van der Waals surface area contributed by atoms with Gasteiger partial charge in [-0.3, -0.25) is 4.79 Å². The van der Waals surface area contributed by atoms with E-state index in [0.29, 0.717) is 16.0 Å². The number of carbonyl (C=O) groups is 1. The molecule has 1 aromatic heterocycles. The van der Waals surface area contributed by atoms with Crippen LogP contribution in [0.3, 0.4) is 0 Å². The Labute approximate surface area is 66.2 Å². The Morgan fingerprint density at radius 1 is 1.45 bits per heavy atom. The van der Waals surface area contributed by atoms with Gasteiger partial charge in [0.25, 0.3) is 0 Å². The second-order valence-electron chi connectivity index (χ2n) is 1.94. The molecule has 2 heterocycles. The third kappa shape index (κ3) is 0.795. The Hall–Kier alpha value is -1.43. The molecule has 5 nitrogen and oxygen atoms in total. The number of aromatic amines is 1. The van der Waals surface area contributed by atoms with Crippen LogP contribution in [-0.2, 0) is 0 Å². The summed E-state index contributed by atoms with van der Waals surface area (Å²) in [5, 5.41) is 6.87. The van der Waals surface area contributed by atoms with Crippen molar-refractivity contribution in [2.75, 3.05) is 0 Å². The maximum atomic E-state index is 10.9. The topological polar surface area (TPSA) is 70.5 Å². The summed E-state index contributed by atoms with van der Waals surface area (Å²) < 4.78 is 0.299. The van der Waals surface area contributed by atoms with Crippen LogP contribution in [-0.4, -0.2) is 15.9 Å². The second kappa shape index (κ2) is 2.03. The molecule has 1 aliphatic rings. The highest BCUT2D eigenvalue weighted by molar-refractivity contribution is 7.71. The van der Waals surface area contributed by atoms with Crippen LogP contribution >= 0.6 is 12.2 Å². The Morgan fingerprint density at radius 2 is 2.27 bits per heavy atom. The summed E-state index contributed by atoms with van der Waals surface area (Å²) >= 11 is 4.79. The smallest absolute Gasteiger partial charge is 0.314 e. The third-order valence-electron chi connectivity index (χ3n) is 1.28. The van der Waals surface area contributed by atoms with E-state index < -0.39 is 5.91 Å². The predicted octanol–water partition coefficient (Wildman–Crippen LogP) is 1.38. The largest absolute Gasteiger partial charge is 0.340 e. The molecule has 1 aliphatic heterocycles. The highest BCUT2D eigenvalue weighted by atomic mass is 32.1. The molecular formula is C5H2N4OS. The molecule has 6 heteroatoms. The minimum absolute atomic E-state index is 0.299. The van der Waals surface area contributed by atoms with Gasteiger partial charge >= 0.3 is 5.91 Å². The Balaban J connectivity index is 2.84. The number of amides is 1. The van der Waals surface area contributed by atoms with Gasteiger partial charge in [-0.05, 0) is 0 Å². The molecule has 0 bridgehead atoms. The SMILES string of the molecule is O=C1N=Nc2c1[nH]cnc2=S. The van der Waals surface area contributed by atoms with Crippen molar-refractivity contribution in [2.45, 2.75) is 0 Å². The first-order valence-electron chi connectivity index (χ1n) is 2.83. The maximum absolute atomic E-state index is 10.9. The maximum Gasteiger partial charge on any atom is 0.314 e. The zero-order valence-corrected chi connectivity index (χ0v) is 6.05. The zero-order chi connectivity index (χ0) is 7.84. The quantitative estimate of drug-likeness (QED) is 0.592. The van der Waals surface area contributed by atoms with Crippen LogP contribution in [0.2, 0.25) is 0 Å². The molecule has 0 unspecified atom stereocenters. The van der Waals surface area contributed by atoms with E-state index in [1.54, 1.807) is 0 Å². The number of H-pyrrole nitrogens is 1. The molecule has 0 aliphatic carbocycles. The monoisotopic (exact) mass is 166 g/mol. The number of nitrogens with one attached hydrogen (secondary N) is 1. The minimum atomic E-state index is -0.395. The summed E-state index contributed by atoms with van der Waals surface area (Å²) in [5.41, 5.74) is 0.692. The highest BCUT2D eigenvalue weighted by Crippen LogP contribution is 2.23. The van der Waals surface area contributed by atoms with Crippen LogP contribution in [0.4, 0.5) is 5.69 Å². The summed E-state index contributed by atoms with van der Waals surface area (Å²) in [5.74, 6) is -0.395. The van der Waals surface area contributed by atoms with E-state index in [0.717, 1.165) is 0 Å². The summed E-state index contributed by atoms with van der Waals surface area (Å²) in [6.07, 6.45) is 1.36. The lowest BCUT2D eigenvalue weighted by Crippen LogP contribution is -1.93. The average Bonchev–Trinajstić information content (AvgIpc) is 2.35. The fraction of sp³-hybridized carbons (Fsp3) is 0. The highest BCUT2D eigenvalue weighted by Gasteiger charge is 2.18. The molecule has 0 saturated heterocycles. The molecule has 0 radical (unpaired) electrons. The zero-order valence-electron chi connectivity index (χ0n) is 5.24. The Morgan fingerprint density at radius 3 is 3.00 bits per heavy atom. The first-order valence-corrected chi connectivity index (χ1v) is 3.23. The van der Waals surface area contributed by atoms with E-state index in [4.69, 9.17) is 12.2 Å². The molecular weight excluding hydrogens is 164 g/mol. The van der Waals surface area contributed by atoms with Gasteiger partial charge in [-0.1, -0.05) is 12.2 Å². The third-order valence-corrected chi connectivity index (χ3v) is 1.58. The van der Waals surface area contributed by atoms with Crippen molar-refractivity contribution in [3.8, 4) is 0 Å². The van der Waals surface area contributed by atoms with Gasteiger partial charge in [0, 0.05) is 0 Å². The second-order valence-corrected chi connectivity index (χ2v) is 2.32.